The van der Waals surface area contributed by atoms with Gasteiger partial charge in [0.1, 0.15) is 0 Å². The molecule has 1 N–H and O–H groups in total. The lowest BCUT2D eigenvalue weighted by atomic mass is 9.96. The van der Waals surface area contributed by atoms with Crippen molar-refractivity contribution in [2.75, 3.05) is 0 Å². The number of ether oxygens (including phenoxy) is 1. The number of nitrogens with zero attached hydrogens (tertiary/aromatic N) is 3. The van der Waals surface area contributed by atoms with Gasteiger partial charge in [0, 0.05) is 18.5 Å². The van der Waals surface area contributed by atoms with Crippen molar-refractivity contribution in [3.05, 3.63) is 47.7 Å². The van der Waals surface area contributed by atoms with Crippen LogP contribution >= 0.6 is 0 Å². The number of hydrogen-bond acceptors (Lipinski definition) is 4. The van der Waals surface area contributed by atoms with E-state index in [0.717, 1.165) is 22.3 Å². The molecule has 4 atom stereocenters. The van der Waals surface area contributed by atoms with Gasteiger partial charge < -0.3 is 10.1 Å². The van der Waals surface area contributed by atoms with Crippen molar-refractivity contribution in [1.29, 1.82) is 0 Å². The summed E-state index contributed by atoms with van der Waals surface area (Å²) in [5.41, 5.74) is 3.84. The number of carbonyl (C=O) groups excluding carboxylic acids is 1. The van der Waals surface area contributed by atoms with Crippen LogP contribution in [0.2, 0.25) is 0 Å². The smallest absolute Gasteiger partial charge is 0.252 e. The van der Waals surface area contributed by atoms with E-state index in [0.29, 0.717) is 11.2 Å². The molecule has 1 aliphatic rings. The van der Waals surface area contributed by atoms with Gasteiger partial charge in [-0.2, -0.15) is 5.10 Å². The second-order valence-electron chi connectivity index (χ2n) is 7.73. The van der Waals surface area contributed by atoms with Crippen LogP contribution in [-0.2, 0) is 11.8 Å². The fourth-order valence-corrected chi connectivity index (χ4v) is 4.13. The SMILES string of the molecule is Cc1nn(C)c2nc(-c3ccccc3)cc(C(=O)NC3C(C)OC(C)C3C)c12. The Hall–Kier alpha value is -2.73. The normalized spacial score (nSPS) is 24.6. The highest BCUT2D eigenvalue weighted by molar-refractivity contribution is 6.07. The Labute approximate surface area is 164 Å². The van der Waals surface area contributed by atoms with Crippen LogP contribution in [0.25, 0.3) is 22.3 Å². The third-order valence-electron chi connectivity index (χ3n) is 5.82. The maximum Gasteiger partial charge on any atom is 0.252 e. The van der Waals surface area contributed by atoms with Gasteiger partial charge in [0.15, 0.2) is 5.65 Å². The Bertz CT molecular complexity index is 1030. The van der Waals surface area contributed by atoms with Crippen LogP contribution in [0.4, 0.5) is 0 Å². The molecule has 4 rings (SSSR count). The molecule has 3 aromatic rings. The van der Waals surface area contributed by atoms with Gasteiger partial charge in [0.05, 0.1) is 40.6 Å². The maximum absolute atomic E-state index is 13.3. The number of pyridine rings is 1. The zero-order valence-electron chi connectivity index (χ0n) is 16.9. The Balaban J connectivity index is 1.80. The molecule has 0 radical (unpaired) electrons. The molecule has 4 unspecified atom stereocenters. The van der Waals surface area contributed by atoms with Gasteiger partial charge in [0.2, 0.25) is 0 Å². The molecule has 0 spiro atoms. The Kier molecular flexibility index (Phi) is 4.67. The molecule has 1 amide bonds. The van der Waals surface area contributed by atoms with Crippen LogP contribution in [0.3, 0.4) is 0 Å². The van der Waals surface area contributed by atoms with E-state index in [-0.39, 0.29) is 30.1 Å². The van der Waals surface area contributed by atoms with Gasteiger partial charge in [-0.25, -0.2) is 4.98 Å². The van der Waals surface area contributed by atoms with Crippen molar-refractivity contribution >= 4 is 16.9 Å². The van der Waals surface area contributed by atoms with Crippen molar-refractivity contribution < 1.29 is 9.53 Å². The van der Waals surface area contributed by atoms with Crippen LogP contribution in [0.5, 0.6) is 0 Å². The topological polar surface area (TPSA) is 69.0 Å². The highest BCUT2D eigenvalue weighted by Crippen LogP contribution is 2.29. The molecule has 0 bridgehead atoms. The molecule has 28 heavy (non-hydrogen) atoms. The minimum absolute atomic E-state index is 0.0186. The molecule has 6 nitrogen and oxygen atoms in total. The Morgan fingerprint density at radius 3 is 2.50 bits per heavy atom. The lowest BCUT2D eigenvalue weighted by Crippen LogP contribution is -2.43. The van der Waals surface area contributed by atoms with Crippen molar-refractivity contribution in [3.63, 3.8) is 0 Å². The molecule has 146 valence electrons. The third-order valence-corrected chi connectivity index (χ3v) is 5.82. The molecule has 1 aromatic carbocycles. The van der Waals surface area contributed by atoms with E-state index in [9.17, 15) is 4.79 Å². The molecule has 1 saturated heterocycles. The van der Waals surface area contributed by atoms with Gasteiger partial charge in [-0.1, -0.05) is 37.3 Å². The van der Waals surface area contributed by atoms with Gasteiger partial charge in [-0.05, 0) is 26.8 Å². The average molecular weight is 378 g/mol. The number of nitrogens with one attached hydrogen (secondary N) is 1. The predicted octanol–water partition coefficient (Wildman–Crippen LogP) is 3.49. The summed E-state index contributed by atoms with van der Waals surface area (Å²) in [6.45, 7) is 8.09. The first-order valence-electron chi connectivity index (χ1n) is 9.73. The number of aryl methyl sites for hydroxylation is 2. The first kappa shape index (κ1) is 18.6. The van der Waals surface area contributed by atoms with Gasteiger partial charge >= 0.3 is 0 Å². The lowest BCUT2D eigenvalue weighted by Gasteiger charge is -2.20. The lowest BCUT2D eigenvalue weighted by molar-refractivity contribution is 0.0531. The zero-order chi connectivity index (χ0) is 20.0. The average Bonchev–Trinajstić information content (AvgIpc) is 3.11. The van der Waals surface area contributed by atoms with E-state index in [2.05, 4.69) is 24.3 Å². The van der Waals surface area contributed by atoms with Crippen LogP contribution in [-0.4, -0.2) is 38.9 Å². The largest absolute Gasteiger partial charge is 0.373 e. The fourth-order valence-electron chi connectivity index (χ4n) is 4.13. The van der Waals surface area contributed by atoms with E-state index in [1.165, 1.54) is 0 Å². The molecule has 1 fully saturated rings. The molecular formula is C22H26N4O2. The number of benzene rings is 1. The first-order chi connectivity index (χ1) is 13.4. The van der Waals surface area contributed by atoms with Crippen molar-refractivity contribution in [2.45, 2.75) is 45.9 Å². The van der Waals surface area contributed by atoms with Crippen molar-refractivity contribution in [1.82, 2.24) is 20.1 Å². The van der Waals surface area contributed by atoms with E-state index in [1.54, 1.807) is 4.68 Å². The zero-order valence-corrected chi connectivity index (χ0v) is 16.9. The molecule has 2 aromatic heterocycles. The number of aromatic nitrogens is 3. The van der Waals surface area contributed by atoms with Gasteiger partial charge in [-0.15, -0.1) is 0 Å². The van der Waals surface area contributed by atoms with Crippen LogP contribution in [0, 0.1) is 12.8 Å². The number of amides is 1. The summed E-state index contributed by atoms with van der Waals surface area (Å²) in [5, 5.41) is 8.49. The number of hydrogen-bond donors (Lipinski definition) is 1. The van der Waals surface area contributed by atoms with Crippen LogP contribution < -0.4 is 5.32 Å². The maximum atomic E-state index is 13.3. The second-order valence-corrected chi connectivity index (χ2v) is 7.73. The summed E-state index contributed by atoms with van der Waals surface area (Å²) in [6.07, 6.45) is 0.104. The van der Waals surface area contributed by atoms with Gasteiger partial charge in [0.25, 0.3) is 5.91 Å². The minimum atomic E-state index is -0.109. The summed E-state index contributed by atoms with van der Waals surface area (Å²) >= 11 is 0. The molecule has 0 saturated carbocycles. The molecule has 6 heteroatoms. The van der Waals surface area contributed by atoms with Gasteiger partial charge in [-0.3, -0.25) is 9.48 Å². The van der Waals surface area contributed by atoms with Crippen LogP contribution in [0.1, 0.15) is 36.8 Å². The van der Waals surface area contributed by atoms with E-state index in [4.69, 9.17) is 9.72 Å². The van der Waals surface area contributed by atoms with E-state index >= 15 is 0 Å². The molecule has 1 aliphatic heterocycles. The summed E-state index contributed by atoms with van der Waals surface area (Å²) in [7, 11) is 1.86. The predicted molar refractivity (Wildman–Crippen MR) is 109 cm³/mol. The number of fused-ring (bicyclic) bond motifs is 1. The second kappa shape index (κ2) is 7.02. The quantitative estimate of drug-likeness (QED) is 0.757. The minimum Gasteiger partial charge on any atom is -0.373 e. The summed E-state index contributed by atoms with van der Waals surface area (Å²) in [4.78, 5) is 18.1. The number of rotatable bonds is 3. The summed E-state index contributed by atoms with van der Waals surface area (Å²) in [5.74, 6) is 0.141. The Morgan fingerprint density at radius 1 is 1.14 bits per heavy atom. The first-order valence-corrected chi connectivity index (χ1v) is 9.73. The van der Waals surface area contributed by atoms with Crippen LogP contribution in [0.15, 0.2) is 36.4 Å². The standard InChI is InChI=1S/C22H26N4O2/c1-12-14(3)28-15(4)20(12)24-22(27)17-11-18(16-9-7-6-8-10-16)23-21-19(17)13(2)25-26(21)5/h6-12,14-15,20H,1-5H3,(H,24,27). The third kappa shape index (κ3) is 3.07. The monoisotopic (exact) mass is 378 g/mol. The molecule has 3 heterocycles. The highest BCUT2D eigenvalue weighted by atomic mass is 16.5. The number of carbonyl (C=O) groups is 1. The molecular weight excluding hydrogens is 352 g/mol. The Morgan fingerprint density at radius 2 is 1.86 bits per heavy atom. The van der Waals surface area contributed by atoms with E-state index in [1.807, 2.05) is 57.3 Å². The molecule has 0 aliphatic carbocycles. The highest BCUT2D eigenvalue weighted by Gasteiger charge is 2.38. The van der Waals surface area contributed by atoms with Crippen molar-refractivity contribution in [2.24, 2.45) is 13.0 Å². The fraction of sp³-hybridized carbons (Fsp3) is 0.409. The summed E-state index contributed by atoms with van der Waals surface area (Å²) in [6, 6.07) is 11.7. The van der Waals surface area contributed by atoms with Crippen molar-refractivity contribution in [3.8, 4) is 11.3 Å². The summed E-state index contributed by atoms with van der Waals surface area (Å²) < 4.78 is 7.62. The van der Waals surface area contributed by atoms with E-state index < -0.39 is 0 Å².